The van der Waals surface area contributed by atoms with Crippen LogP contribution in [0.1, 0.15) is 23.9 Å². The normalized spacial score (nSPS) is 11.8. The molecule has 0 saturated heterocycles. The third-order valence-corrected chi connectivity index (χ3v) is 3.61. The Hall–Kier alpha value is -1.40. The fourth-order valence-electron chi connectivity index (χ4n) is 1.84. The Morgan fingerprint density at radius 1 is 1.25 bits per heavy atom. The molecule has 0 spiro atoms. The summed E-state index contributed by atoms with van der Waals surface area (Å²) in [5.41, 5.74) is -0.118. The van der Waals surface area contributed by atoms with Crippen LogP contribution in [0.2, 0.25) is 0 Å². The van der Waals surface area contributed by atoms with Gasteiger partial charge >= 0.3 is 6.18 Å². The minimum absolute atomic E-state index is 0.137. The van der Waals surface area contributed by atoms with Crippen LogP contribution >= 0.6 is 11.3 Å². The van der Waals surface area contributed by atoms with Gasteiger partial charge in [-0.1, -0.05) is 25.1 Å². The summed E-state index contributed by atoms with van der Waals surface area (Å²) >= 11 is 1.37. The van der Waals surface area contributed by atoms with Crippen LogP contribution in [0.25, 0.3) is 11.3 Å². The molecule has 2 rings (SSSR count). The van der Waals surface area contributed by atoms with E-state index < -0.39 is 11.7 Å². The number of halogens is 3. The second kappa shape index (κ2) is 6.37. The van der Waals surface area contributed by atoms with E-state index in [1.165, 1.54) is 23.5 Å². The second-order valence-electron chi connectivity index (χ2n) is 4.35. The topological polar surface area (TPSA) is 24.9 Å². The fourth-order valence-corrected chi connectivity index (χ4v) is 2.61. The Bertz CT molecular complexity index is 564. The van der Waals surface area contributed by atoms with Crippen molar-refractivity contribution in [2.24, 2.45) is 0 Å². The number of rotatable bonds is 5. The van der Waals surface area contributed by atoms with Crippen molar-refractivity contribution in [2.75, 3.05) is 6.54 Å². The Balaban J connectivity index is 2.24. The number of aromatic nitrogens is 1. The zero-order chi connectivity index (χ0) is 14.6. The van der Waals surface area contributed by atoms with Gasteiger partial charge in [0, 0.05) is 17.5 Å². The molecule has 1 heterocycles. The molecule has 20 heavy (non-hydrogen) atoms. The van der Waals surface area contributed by atoms with Crippen LogP contribution in [0.5, 0.6) is 0 Å². The third-order valence-electron chi connectivity index (χ3n) is 2.76. The molecule has 1 aromatic carbocycles. The number of nitrogens with one attached hydrogen (secondary N) is 1. The summed E-state index contributed by atoms with van der Waals surface area (Å²) in [7, 11) is 0. The quantitative estimate of drug-likeness (QED) is 0.831. The van der Waals surface area contributed by atoms with E-state index in [0.717, 1.165) is 24.0 Å². The van der Waals surface area contributed by atoms with Gasteiger partial charge in [0.2, 0.25) is 0 Å². The van der Waals surface area contributed by atoms with E-state index in [0.29, 0.717) is 12.2 Å². The van der Waals surface area contributed by atoms with Crippen molar-refractivity contribution in [3.05, 3.63) is 40.2 Å². The lowest BCUT2D eigenvalue weighted by Gasteiger charge is -2.10. The highest BCUT2D eigenvalue weighted by molar-refractivity contribution is 7.09. The van der Waals surface area contributed by atoms with Gasteiger partial charge in [-0.3, -0.25) is 0 Å². The molecule has 0 aliphatic carbocycles. The predicted molar refractivity (Wildman–Crippen MR) is 74.5 cm³/mol. The molecular formula is C14H15F3N2S. The van der Waals surface area contributed by atoms with Gasteiger partial charge in [0.15, 0.2) is 0 Å². The predicted octanol–water partition coefficient (Wildman–Crippen LogP) is 4.33. The Morgan fingerprint density at radius 2 is 2.00 bits per heavy atom. The van der Waals surface area contributed by atoms with E-state index in [1.54, 1.807) is 11.4 Å². The van der Waals surface area contributed by atoms with Gasteiger partial charge in [-0.05, 0) is 19.0 Å². The van der Waals surface area contributed by atoms with Crippen molar-refractivity contribution in [1.29, 1.82) is 0 Å². The Morgan fingerprint density at radius 3 is 2.70 bits per heavy atom. The molecule has 2 aromatic rings. The summed E-state index contributed by atoms with van der Waals surface area (Å²) < 4.78 is 38.9. The molecule has 1 N–H and O–H groups in total. The van der Waals surface area contributed by atoms with Gasteiger partial charge in [-0.25, -0.2) is 4.98 Å². The highest BCUT2D eigenvalue weighted by Gasteiger charge is 2.33. The van der Waals surface area contributed by atoms with Crippen LogP contribution in [0.4, 0.5) is 13.2 Å². The first-order valence-electron chi connectivity index (χ1n) is 6.34. The monoisotopic (exact) mass is 300 g/mol. The van der Waals surface area contributed by atoms with E-state index in [2.05, 4.69) is 17.2 Å². The SMILES string of the molecule is CCCNCc1nc(-c2ccccc2C(F)(F)F)cs1. The standard InChI is InChI=1S/C14H15F3N2S/c1-2-7-18-8-13-19-12(9-20-13)10-5-3-4-6-11(10)14(15,16)17/h3-6,9,18H,2,7-8H2,1H3. The lowest BCUT2D eigenvalue weighted by molar-refractivity contribution is -0.137. The minimum Gasteiger partial charge on any atom is -0.310 e. The third kappa shape index (κ3) is 3.58. The van der Waals surface area contributed by atoms with Gasteiger partial charge in [0.25, 0.3) is 0 Å². The number of hydrogen-bond donors (Lipinski definition) is 1. The van der Waals surface area contributed by atoms with Crippen molar-refractivity contribution in [1.82, 2.24) is 10.3 Å². The minimum atomic E-state index is -4.36. The first-order chi connectivity index (χ1) is 9.52. The van der Waals surface area contributed by atoms with Crippen LogP contribution in [0.15, 0.2) is 29.6 Å². The number of alkyl halides is 3. The average Bonchev–Trinajstić information content (AvgIpc) is 2.87. The number of hydrogen-bond acceptors (Lipinski definition) is 3. The smallest absolute Gasteiger partial charge is 0.310 e. The molecule has 0 aliphatic rings. The molecule has 0 amide bonds. The Kier molecular flexibility index (Phi) is 4.77. The summed E-state index contributed by atoms with van der Waals surface area (Å²) in [5.74, 6) is 0. The van der Waals surface area contributed by atoms with Gasteiger partial charge < -0.3 is 5.32 Å². The van der Waals surface area contributed by atoms with Crippen LogP contribution in [-0.4, -0.2) is 11.5 Å². The zero-order valence-corrected chi connectivity index (χ0v) is 11.8. The first-order valence-corrected chi connectivity index (χ1v) is 7.22. The fraction of sp³-hybridized carbons (Fsp3) is 0.357. The first kappa shape index (κ1) is 15.0. The van der Waals surface area contributed by atoms with Crippen molar-refractivity contribution in [2.45, 2.75) is 26.1 Å². The maximum atomic E-state index is 13.0. The van der Waals surface area contributed by atoms with Crippen molar-refractivity contribution < 1.29 is 13.2 Å². The summed E-state index contributed by atoms with van der Waals surface area (Å²) in [5, 5.41) is 5.66. The van der Waals surface area contributed by atoms with Crippen molar-refractivity contribution in [3.8, 4) is 11.3 Å². The van der Waals surface area contributed by atoms with Crippen LogP contribution in [0, 0.1) is 0 Å². The van der Waals surface area contributed by atoms with Gasteiger partial charge in [-0.2, -0.15) is 13.2 Å². The van der Waals surface area contributed by atoms with E-state index in [4.69, 9.17) is 0 Å². The maximum Gasteiger partial charge on any atom is 0.417 e. The number of benzene rings is 1. The summed E-state index contributed by atoms with van der Waals surface area (Å²) in [6.45, 7) is 3.51. The molecule has 0 atom stereocenters. The maximum absolute atomic E-state index is 13.0. The summed E-state index contributed by atoms with van der Waals surface area (Å²) in [6, 6.07) is 5.53. The van der Waals surface area contributed by atoms with Gasteiger partial charge in [-0.15, -0.1) is 11.3 Å². The van der Waals surface area contributed by atoms with Crippen molar-refractivity contribution >= 4 is 11.3 Å². The molecule has 2 nitrogen and oxygen atoms in total. The zero-order valence-electron chi connectivity index (χ0n) is 11.0. The number of nitrogens with zero attached hydrogens (tertiary/aromatic N) is 1. The van der Waals surface area contributed by atoms with E-state index in [1.807, 2.05) is 0 Å². The summed E-state index contributed by atoms with van der Waals surface area (Å²) in [6.07, 6.45) is -3.35. The molecule has 108 valence electrons. The molecule has 0 aliphatic heterocycles. The van der Waals surface area contributed by atoms with E-state index >= 15 is 0 Å². The van der Waals surface area contributed by atoms with Gasteiger partial charge in [0.05, 0.1) is 11.3 Å². The molecule has 0 fully saturated rings. The molecule has 0 radical (unpaired) electrons. The van der Waals surface area contributed by atoms with Crippen LogP contribution in [-0.2, 0) is 12.7 Å². The van der Waals surface area contributed by atoms with E-state index in [9.17, 15) is 13.2 Å². The lowest BCUT2D eigenvalue weighted by atomic mass is 10.1. The van der Waals surface area contributed by atoms with Gasteiger partial charge in [0.1, 0.15) is 5.01 Å². The second-order valence-corrected chi connectivity index (χ2v) is 5.29. The highest BCUT2D eigenvalue weighted by atomic mass is 32.1. The Labute approximate surface area is 119 Å². The van der Waals surface area contributed by atoms with Crippen LogP contribution < -0.4 is 5.32 Å². The molecular weight excluding hydrogens is 285 g/mol. The molecule has 0 unspecified atom stereocenters. The molecule has 0 saturated carbocycles. The van der Waals surface area contributed by atoms with Crippen LogP contribution in [0.3, 0.4) is 0 Å². The molecule has 0 bridgehead atoms. The van der Waals surface area contributed by atoms with E-state index in [-0.39, 0.29) is 5.56 Å². The highest BCUT2D eigenvalue weighted by Crippen LogP contribution is 2.37. The average molecular weight is 300 g/mol. The summed E-state index contributed by atoms with van der Waals surface area (Å²) in [4.78, 5) is 4.28. The lowest BCUT2D eigenvalue weighted by Crippen LogP contribution is -2.13. The van der Waals surface area contributed by atoms with Crippen molar-refractivity contribution in [3.63, 3.8) is 0 Å². The molecule has 6 heteroatoms. The number of thiazole rings is 1. The largest absolute Gasteiger partial charge is 0.417 e. The molecule has 1 aromatic heterocycles.